The Morgan fingerprint density at radius 1 is 0.541 bits per heavy atom. The first-order valence-electron chi connectivity index (χ1n) is 14.7. The maximum atomic E-state index is 6.06. The molecule has 3 rings (SSSR count). The van der Waals surface area contributed by atoms with Crippen molar-refractivity contribution in [1.29, 1.82) is 0 Å². The molecule has 0 amide bonds. The molecule has 0 fully saturated rings. The van der Waals surface area contributed by atoms with Crippen LogP contribution in [0.4, 0.5) is 0 Å². The molecule has 1 atom stereocenters. The van der Waals surface area contributed by atoms with Crippen molar-refractivity contribution < 1.29 is 9.47 Å². The summed E-state index contributed by atoms with van der Waals surface area (Å²) in [5.41, 5.74) is 6.15. The minimum Gasteiger partial charge on any atom is -0.494 e. The van der Waals surface area contributed by atoms with Crippen molar-refractivity contribution in [3.63, 3.8) is 0 Å². The van der Waals surface area contributed by atoms with Crippen molar-refractivity contribution >= 4 is 0 Å². The average molecular weight is 501 g/mol. The first kappa shape index (κ1) is 29.0. The van der Waals surface area contributed by atoms with Gasteiger partial charge in [0.15, 0.2) is 0 Å². The third-order valence-electron chi connectivity index (χ3n) is 7.13. The number of benzene rings is 3. The molecule has 200 valence electrons. The van der Waals surface area contributed by atoms with Gasteiger partial charge >= 0.3 is 0 Å². The lowest BCUT2D eigenvalue weighted by Crippen LogP contribution is -2.07. The highest BCUT2D eigenvalue weighted by atomic mass is 16.5. The molecule has 2 heteroatoms. The van der Waals surface area contributed by atoms with Crippen LogP contribution in [-0.4, -0.2) is 12.7 Å². The summed E-state index contributed by atoms with van der Waals surface area (Å²) < 4.78 is 12.0. The molecule has 0 saturated carbocycles. The Morgan fingerprint density at radius 3 is 1.57 bits per heavy atom. The minimum atomic E-state index is 0.324. The minimum absolute atomic E-state index is 0.324. The number of unbranched alkanes of at least 4 members (excludes halogenated alkanes) is 8. The molecular formula is C35H48O2. The molecule has 3 aromatic rings. The second-order valence-corrected chi connectivity index (χ2v) is 10.4. The molecule has 0 aliphatic heterocycles. The molecule has 0 saturated heterocycles. The Morgan fingerprint density at radius 2 is 1.00 bits per heavy atom. The zero-order valence-electron chi connectivity index (χ0n) is 23.5. The second kappa shape index (κ2) is 17.0. The average Bonchev–Trinajstić information content (AvgIpc) is 2.94. The van der Waals surface area contributed by atoms with Crippen LogP contribution >= 0.6 is 0 Å². The largest absolute Gasteiger partial charge is 0.494 e. The van der Waals surface area contributed by atoms with Gasteiger partial charge in [-0.25, -0.2) is 0 Å². The van der Waals surface area contributed by atoms with E-state index in [1.54, 1.807) is 0 Å². The van der Waals surface area contributed by atoms with Gasteiger partial charge in [0.05, 0.1) is 19.3 Å². The summed E-state index contributed by atoms with van der Waals surface area (Å²) in [6.45, 7) is 8.20. The SMILES string of the molecule is CCCCCCCCOc1ccc(-c2ccc(-c3ccc(CO[C@@H](C)CCCCCC)cc3)cc2)cc1. The lowest BCUT2D eigenvalue weighted by molar-refractivity contribution is 0.0459. The summed E-state index contributed by atoms with van der Waals surface area (Å²) in [4.78, 5) is 0. The fraction of sp³-hybridized carbons (Fsp3) is 0.486. The molecule has 0 N–H and O–H groups in total. The molecule has 0 spiro atoms. The van der Waals surface area contributed by atoms with Crippen LogP contribution in [0.15, 0.2) is 72.8 Å². The number of hydrogen-bond donors (Lipinski definition) is 0. The van der Waals surface area contributed by atoms with Crippen LogP contribution in [0.1, 0.15) is 97.0 Å². The molecule has 3 aromatic carbocycles. The van der Waals surface area contributed by atoms with E-state index in [2.05, 4.69) is 93.6 Å². The predicted octanol–water partition coefficient (Wildman–Crippen LogP) is 10.6. The first-order chi connectivity index (χ1) is 18.2. The smallest absolute Gasteiger partial charge is 0.119 e. The highest BCUT2D eigenvalue weighted by molar-refractivity contribution is 5.70. The summed E-state index contributed by atoms with van der Waals surface area (Å²) >= 11 is 0. The molecule has 0 aromatic heterocycles. The lowest BCUT2D eigenvalue weighted by atomic mass is 9.99. The van der Waals surface area contributed by atoms with Crippen molar-refractivity contribution in [1.82, 2.24) is 0 Å². The molecule has 0 aliphatic carbocycles. The van der Waals surface area contributed by atoms with Gasteiger partial charge in [-0.3, -0.25) is 0 Å². The van der Waals surface area contributed by atoms with Gasteiger partial charge in [0.2, 0.25) is 0 Å². The van der Waals surface area contributed by atoms with E-state index in [-0.39, 0.29) is 0 Å². The van der Waals surface area contributed by atoms with E-state index in [1.165, 1.54) is 85.6 Å². The molecule has 0 bridgehead atoms. The van der Waals surface area contributed by atoms with Crippen molar-refractivity contribution in [2.75, 3.05) is 6.61 Å². The van der Waals surface area contributed by atoms with Gasteiger partial charge in [-0.15, -0.1) is 0 Å². The first-order valence-corrected chi connectivity index (χ1v) is 14.7. The maximum absolute atomic E-state index is 6.06. The normalized spacial score (nSPS) is 12.0. The summed E-state index contributed by atoms with van der Waals surface area (Å²) in [7, 11) is 0. The second-order valence-electron chi connectivity index (χ2n) is 10.4. The zero-order valence-corrected chi connectivity index (χ0v) is 23.5. The van der Waals surface area contributed by atoms with Crippen LogP contribution in [0.5, 0.6) is 5.75 Å². The van der Waals surface area contributed by atoms with Crippen LogP contribution in [0.25, 0.3) is 22.3 Å². The Kier molecular flexibility index (Phi) is 13.3. The Labute approximate surface area is 226 Å². The number of ether oxygens (including phenoxy) is 2. The van der Waals surface area contributed by atoms with Crippen LogP contribution in [0.3, 0.4) is 0 Å². The summed E-state index contributed by atoms with van der Waals surface area (Å²) in [6, 6.07) is 26.1. The van der Waals surface area contributed by atoms with E-state index in [9.17, 15) is 0 Å². The molecule has 0 heterocycles. The van der Waals surface area contributed by atoms with Crippen molar-refractivity contribution in [2.24, 2.45) is 0 Å². The topological polar surface area (TPSA) is 18.5 Å². The standard InChI is InChI=1S/C35H48O2/c1-4-6-8-10-11-13-27-36-35-25-23-34(24-26-35)33-21-19-32(20-22-33)31-17-15-30(16-18-31)28-37-29(3)14-12-9-7-5-2/h15-26,29H,4-14,27-28H2,1-3H3/t29-/m0/s1. The van der Waals surface area contributed by atoms with E-state index >= 15 is 0 Å². The maximum Gasteiger partial charge on any atom is 0.119 e. The summed E-state index contributed by atoms with van der Waals surface area (Å²) in [5, 5.41) is 0. The van der Waals surface area contributed by atoms with Crippen molar-refractivity contribution in [2.45, 2.75) is 104 Å². The van der Waals surface area contributed by atoms with Crippen LogP contribution < -0.4 is 4.74 Å². The van der Waals surface area contributed by atoms with Crippen LogP contribution in [0.2, 0.25) is 0 Å². The van der Waals surface area contributed by atoms with Gasteiger partial charge in [-0.05, 0) is 59.7 Å². The highest BCUT2D eigenvalue weighted by Crippen LogP contribution is 2.27. The van der Waals surface area contributed by atoms with Crippen molar-refractivity contribution in [3.05, 3.63) is 78.4 Å². The van der Waals surface area contributed by atoms with E-state index in [4.69, 9.17) is 9.47 Å². The van der Waals surface area contributed by atoms with E-state index in [1.807, 2.05) is 0 Å². The fourth-order valence-corrected chi connectivity index (χ4v) is 4.64. The Bertz CT molecular complexity index is 973. The van der Waals surface area contributed by atoms with Crippen LogP contribution in [0, 0.1) is 0 Å². The Balaban J connectivity index is 1.43. The van der Waals surface area contributed by atoms with Gasteiger partial charge in [0, 0.05) is 0 Å². The fourth-order valence-electron chi connectivity index (χ4n) is 4.64. The van der Waals surface area contributed by atoms with Gasteiger partial charge < -0.3 is 9.47 Å². The molecule has 37 heavy (non-hydrogen) atoms. The molecule has 0 radical (unpaired) electrons. The molecular weight excluding hydrogens is 452 g/mol. The van der Waals surface area contributed by atoms with Gasteiger partial charge in [-0.2, -0.15) is 0 Å². The van der Waals surface area contributed by atoms with E-state index in [0.717, 1.165) is 25.2 Å². The van der Waals surface area contributed by atoms with Gasteiger partial charge in [0.1, 0.15) is 5.75 Å². The Hall–Kier alpha value is -2.58. The van der Waals surface area contributed by atoms with Crippen LogP contribution in [-0.2, 0) is 11.3 Å². The zero-order chi connectivity index (χ0) is 26.1. The molecule has 0 aliphatic rings. The highest BCUT2D eigenvalue weighted by Gasteiger charge is 2.05. The lowest BCUT2D eigenvalue weighted by Gasteiger charge is -2.13. The third kappa shape index (κ3) is 10.7. The summed E-state index contributed by atoms with van der Waals surface area (Å²) in [5.74, 6) is 0.962. The third-order valence-corrected chi connectivity index (χ3v) is 7.13. The number of hydrogen-bond acceptors (Lipinski definition) is 2. The monoisotopic (exact) mass is 500 g/mol. The van der Waals surface area contributed by atoms with Gasteiger partial charge in [-0.1, -0.05) is 132 Å². The van der Waals surface area contributed by atoms with Gasteiger partial charge in [0.25, 0.3) is 0 Å². The number of rotatable bonds is 18. The van der Waals surface area contributed by atoms with E-state index in [0.29, 0.717) is 12.7 Å². The molecule has 0 unspecified atom stereocenters. The molecule has 2 nitrogen and oxygen atoms in total. The predicted molar refractivity (Wildman–Crippen MR) is 159 cm³/mol. The van der Waals surface area contributed by atoms with E-state index < -0.39 is 0 Å². The van der Waals surface area contributed by atoms with Crippen molar-refractivity contribution in [3.8, 4) is 28.0 Å². The summed E-state index contributed by atoms with van der Waals surface area (Å²) in [6.07, 6.45) is 14.4. The quantitative estimate of drug-likeness (QED) is 0.162.